The zero-order chi connectivity index (χ0) is 52.9. The molecule has 18 heteroatoms. The van der Waals surface area contributed by atoms with Gasteiger partial charge in [-0.15, -0.1) is 0 Å². The van der Waals surface area contributed by atoms with Crippen molar-refractivity contribution in [2.24, 2.45) is 29.0 Å². The molecule has 9 N–H and O–H groups in total. The monoisotopic (exact) mass is 988 g/mol. The molecule has 1 aliphatic rings. The number of aromatic nitrogens is 2. The Labute approximate surface area is 421 Å². The third-order valence-electron chi connectivity index (χ3n) is 12.7. The first-order valence-electron chi connectivity index (χ1n) is 24.3. The highest BCUT2D eigenvalue weighted by Crippen LogP contribution is 2.41. The second-order valence-corrected chi connectivity index (χ2v) is 19.2. The summed E-state index contributed by atoms with van der Waals surface area (Å²) in [7, 11) is 1.42. The van der Waals surface area contributed by atoms with Crippen molar-refractivity contribution in [3.05, 3.63) is 94.3 Å². The molecule has 3 aromatic carbocycles. The van der Waals surface area contributed by atoms with E-state index in [0.29, 0.717) is 51.0 Å². The van der Waals surface area contributed by atoms with Gasteiger partial charge >= 0.3 is 0 Å². The highest BCUT2D eigenvalue weighted by Gasteiger charge is 2.37. The highest BCUT2D eigenvalue weighted by molar-refractivity contribution is 6.01. The molecular formula is C54H69N9O9. The number of amides is 3. The van der Waals surface area contributed by atoms with Crippen molar-refractivity contribution in [1.29, 1.82) is 5.26 Å². The molecule has 3 amide bonds. The van der Waals surface area contributed by atoms with Crippen LogP contribution in [0.25, 0.3) is 22.5 Å². The van der Waals surface area contributed by atoms with Crippen molar-refractivity contribution in [3.8, 4) is 40.1 Å². The molecule has 2 heterocycles. The number of fused-ring (bicyclic) bond motifs is 5. The quantitative estimate of drug-likeness (QED) is 0.0726. The van der Waals surface area contributed by atoms with Crippen LogP contribution in [0.3, 0.4) is 0 Å². The number of rotatable bonds is 20. The van der Waals surface area contributed by atoms with E-state index < -0.39 is 72.3 Å². The van der Waals surface area contributed by atoms with Gasteiger partial charge in [-0.05, 0) is 79.6 Å². The van der Waals surface area contributed by atoms with E-state index in [9.17, 15) is 39.1 Å². The molecule has 0 fully saturated rings. The van der Waals surface area contributed by atoms with Crippen LogP contribution in [-0.4, -0.2) is 114 Å². The van der Waals surface area contributed by atoms with E-state index in [2.05, 4.69) is 41.4 Å². The number of benzene rings is 3. The lowest BCUT2D eigenvalue weighted by molar-refractivity contribution is -0.144. The summed E-state index contributed by atoms with van der Waals surface area (Å²) in [5.41, 5.74) is 22.4. The van der Waals surface area contributed by atoms with E-state index in [1.165, 1.54) is 11.9 Å². The Hall–Kier alpha value is -6.91. The van der Waals surface area contributed by atoms with Crippen LogP contribution in [0, 0.1) is 37.0 Å². The molecule has 0 saturated carbocycles. The van der Waals surface area contributed by atoms with Crippen LogP contribution in [0.4, 0.5) is 0 Å². The van der Waals surface area contributed by atoms with Gasteiger partial charge in [0.1, 0.15) is 36.8 Å². The van der Waals surface area contributed by atoms with Gasteiger partial charge in [0.15, 0.2) is 23.2 Å². The highest BCUT2D eigenvalue weighted by atomic mass is 16.5. The van der Waals surface area contributed by atoms with Crippen molar-refractivity contribution in [1.82, 2.24) is 25.5 Å². The Bertz CT molecular complexity index is 2640. The first-order valence-corrected chi connectivity index (χ1v) is 24.3. The Morgan fingerprint density at radius 1 is 0.903 bits per heavy atom. The summed E-state index contributed by atoms with van der Waals surface area (Å²) in [5, 5.41) is 25.2. The minimum absolute atomic E-state index is 0.00204. The number of ether oxygens (including phenoxy) is 2. The lowest BCUT2D eigenvalue weighted by atomic mass is 9.86. The van der Waals surface area contributed by atoms with Crippen molar-refractivity contribution in [2.75, 3.05) is 46.5 Å². The molecule has 4 aromatic rings. The number of likely N-dealkylation sites (N-methyl/N-ethyl adjacent to an activating group) is 1. The topological polar surface area (TPSA) is 296 Å². The summed E-state index contributed by atoms with van der Waals surface area (Å²) in [5.74, 6) is -4.38. The number of aliphatic hydroxyl groups excluding tert-OH is 1. The Balaban J connectivity index is 1.49. The zero-order valence-corrected chi connectivity index (χ0v) is 42.4. The van der Waals surface area contributed by atoms with Crippen LogP contribution in [0.5, 0.6) is 11.5 Å². The van der Waals surface area contributed by atoms with Gasteiger partial charge in [-0.1, -0.05) is 64.1 Å². The van der Waals surface area contributed by atoms with Gasteiger partial charge < -0.3 is 47.3 Å². The molecular weight excluding hydrogens is 919 g/mol. The molecule has 72 heavy (non-hydrogen) atoms. The summed E-state index contributed by atoms with van der Waals surface area (Å²) in [4.78, 5) is 95.2. The summed E-state index contributed by atoms with van der Waals surface area (Å²) in [6.45, 7) is 11.0. The molecule has 0 aliphatic carbocycles. The maximum atomic E-state index is 14.8. The van der Waals surface area contributed by atoms with E-state index in [0.717, 1.165) is 11.1 Å². The number of nitrogens with one attached hydrogen (secondary N) is 2. The molecule has 1 aromatic heterocycles. The van der Waals surface area contributed by atoms with E-state index >= 15 is 0 Å². The summed E-state index contributed by atoms with van der Waals surface area (Å²) in [6.07, 6.45) is -0.932. The van der Waals surface area contributed by atoms with Crippen LogP contribution in [-0.2, 0) is 35.8 Å². The molecule has 0 spiro atoms. The SMILES string of the molecule is Cc1nc(-c2ccc(C(C)(C)C)cc2)nc(C)c1C(=O)N[C@@H](CO)C(=O)C[C@@H](CCN)C(=O)N(C)[C@@H]1C(=O)C[C@@H](C)C(=O)N[C@H](C(=O)CCC#N)Cc2ccc(OCCN)c(c2)-c2cc1ccc2OCCN. The van der Waals surface area contributed by atoms with Gasteiger partial charge in [-0.2, -0.15) is 5.26 Å². The zero-order valence-electron chi connectivity index (χ0n) is 42.4. The van der Waals surface area contributed by atoms with Crippen molar-refractivity contribution in [3.63, 3.8) is 0 Å². The normalized spacial score (nSPS) is 16.8. The van der Waals surface area contributed by atoms with Gasteiger partial charge in [0.2, 0.25) is 11.8 Å². The smallest absolute Gasteiger partial charge is 0.255 e. The van der Waals surface area contributed by atoms with Crippen molar-refractivity contribution < 1.29 is 43.3 Å². The standard InChI is InChI=1S/C54H69N9O9/c1-31-25-45(67)49(36-13-17-47(72-24-22-58)40(28-36)39-26-34(10-16-46(39)71-23-21-57)27-41(61-51(31)68)43(65)9-8-19-55)63(7)53(70)37(18-20-56)29-44(66)42(30-64)62-52(69)48-32(2)59-50(60-33(48)3)35-11-14-38(15-12-35)54(4,5)6/h10-17,26,28,31,37,41-42,49,64H,8-9,18,20-25,27,29-30,56-58H2,1-7H3,(H,61,68)(H,62,69)/t31-,37-,41+,42+,49+/m1/s1. The van der Waals surface area contributed by atoms with Crippen LogP contribution in [0.15, 0.2) is 60.7 Å². The van der Waals surface area contributed by atoms with Gasteiger partial charge in [0, 0.05) is 74.3 Å². The van der Waals surface area contributed by atoms with E-state index in [-0.39, 0.29) is 81.7 Å². The molecule has 0 radical (unpaired) electrons. The molecule has 1 aliphatic heterocycles. The molecule has 384 valence electrons. The Morgan fingerprint density at radius 2 is 1.51 bits per heavy atom. The molecule has 0 unspecified atom stereocenters. The number of aryl methyl sites for hydroxylation is 2. The fraction of sp³-hybridized carbons (Fsp3) is 0.463. The maximum absolute atomic E-state index is 14.8. The molecule has 4 bridgehead atoms. The van der Waals surface area contributed by atoms with Gasteiger partial charge in [0.25, 0.3) is 5.91 Å². The fourth-order valence-electron chi connectivity index (χ4n) is 8.78. The van der Waals surface area contributed by atoms with Gasteiger partial charge in [-0.25, -0.2) is 9.97 Å². The molecule has 18 nitrogen and oxygen atoms in total. The molecule has 0 saturated heterocycles. The van der Waals surface area contributed by atoms with Crippen LogP contribution >= 0.6 is 0 Å². The van der Waals surface area contributed by atoms with Crippen LogP contribution in [0.1, 0.15) is 104 Å². The minimum atomic E-state index is -1.43. The second kappa shape index (κ2) is 25.5. The minimum Gasteiger partial charge on any atom is -0.492 e. The first kappa shape index (κ1) is 56.0. The summed E-state index contributed by atoms with van der Waals surface area (Å²) >= 11 is 0. The third kappa shape index (κ3) is 13.9. The van der Waals surface area contributed by atoms with Gasteiger partial charge in [0.05, 0.1) is 35.7 Å². The molecule has 5 rings (SSSR count). The number of aliphatic hydroxyl groups is 1. The van der Waals surface area contributed by atoms with Crippen LogP contribution < -0.4 is 37.3 Å². The van der Waals surface area contributed by atoms with Crippen molar-refractivity contribution >= 4 is 35.1 Å². The molecule has 5 atom stereocenters. The van der Waals surface area contributed by atoms with E-state index in [1.54, 1.807) is 57.2 Å². The Kier molecular flexibility index (Phi) is 19.8. The predicted octanol–water partition coefficient (Wildman–Crippen LogP) is 4.12. The average Bonchev–Trinajstić information content (AvgIpc) is 3.34. The number of carbonyl (C=O) groups excluding carboxylic acids is 6. The number of nitrogens with two attached hydrogens (primary N) is 3. The number of nitrogens with zero attached hydrogens (tertiary/aromatic N) is 4. The largest absolute Gasteiger partial charge is 0.492 e. The lowest BCUT2D eigenvalue weighted by Gasteiger charge is -2.32. The second-order valence-electron chi connectivity index (χ2n) is 19.2. The van der Waals surface area contributed by atoms with Gasteiger partial charge in [-0.3, -0.25) is 28.8 Å². The Morgan fingerprint density at radius 3 is 2.08 bits per heavy atom. The average molecular weight is 988 g/mol. The van der Waals surface area contributed by atoms with Crippen molar-refractivity contribution in [2.45, 2.75) is 104 Å². The third-order valence-corrected chi connectivity index (χ3v) is 12.7. The van der Waals surface area contributed by atoms with Crippen LogP contribution in [0.2, 0.25) is 0 Å². The van der Waals surface area contributed by atoms with E-state index in [4.69, 9.17) is 26.7 Å². The first-order chi connectivity index (χ1) is 34.3. The predicted molar refractivity (Wildman–Crippen MR) is 272 cm³/mol. The number of hydrogen-bond donors (Lipinski definition) is 6. The lowest BCUT2D eigenvalue weighted by Crippen LogP contribution is -2.47. The number of hydrogen-bond acceptors (Lipinski definition) is 15. The number of carbonyl (C=O) groups is 6. The number of nitriles is 1. The van der Waals surface area contributed by atoms with E-state index in [1.807, 2.05) is 30.3 Å². The summed E-state index contributed by atoms with van der Waals surface area (Å²) < 4.78 is 12.2. The summed E-state index contributed by atoms with van der Waals surface area (Å²) in [6, 6.07) is 16.3. The fourth-order valence-corrected chi connectivity index (χ4v) is 8.78. The number of ketones is 3. The number of Topliss-reactive ketones (excluding diaryl/α,β-unsaturated/α-hetero) is 3. The maximum Gasteiger partial charge on any atom is 0.255 e.